The standard InChI is InChI=1S/C15H25N5/c1-3-9-20(10-4-2)12-14-8-6-5-7-13(14)11-18-19-15(16)17/h5-8,11H,3-4,9-10,12H2,1-2H3,(H4,16,17,19). The molecule has 0 aliphatic heterocycles. The Bertz CT molecular complexity index is 443. The van der Waals surface area contributed by atoms with Crippen LogP contribution in [0.2, 0.25) is 0 Å². The van der Waals surface area contributed by atoms with Gasteiger partial charge in [-0.25, -0.2) is 0 Å². The zero-order chi connectivity index (χ0) is 14.8. The highest BCUT2D eigenvalue weighted by Crippen LogP contribution is 2.11. The summed E-state index contributed by atoms with van der Waals surface area (Å²) in [5.74, 6) is -0.0303. The molecule has 0 aliphatic rings. The topological polar surface area (TPSA) is 80.0 Å². The van der Waals surface area contributed by atoms with Gasteiger partial charge in [0, 0.05) is 6.54 Å². The highest BCUT2D eigenvalue weighted by molar-refractivity contribution is 5.83. The minimum absolute atomic E-state index is 0.0303. The first-order valence-corrected chi connectivity index (χ1v) is 7.09. The molecule has 0 aliphatic carbocycles. The number of nitrogens with zero attached hydrogens (tertiary/aromatic N) is 3. The van der Waals surface area contributed by atoms with Gasteiger partial charge in [-0.15, -0.1) is 5.10 Å². The van der Waals surface area contributed by atoms with Crippen molar-refractivity contribution in [1.82, 2.24) is 4.90 Å². The van der Waals surface area contributed by atoms with Crippen LogP contribution >= 0.6 is 0 Å². The van der Waals surface area contributed by atoms with Crippen molar-refractivity contribution in [2.45, 2.75) is 33.2 Å². The van der Waals surface area contributed by atoms with Crippen molar-refractivity contribution in [2.24, 2.45) is 21.7 Å². The highest BCUT2D eigenvalue weighted by Gasteiger charge is 2.06. The quantitative estimate of drug-likeness (QED) is 0.432. The largest absolute Gasteiger partial charge is 0.369 e. The third-order valence-electron chi connectivity index (χ3n) is 2.90. The van der Waals surface area contributed by atoms with Gasteiger partial charge in [-0.3, -0.25) is 4.90 Å². The molecule has 110 valence electrons. The van der Waals surface area contributed by atoms with Gasteiger partial charge in [0.25, 0.3) is 0 Å². The molecular weight excluding hydrogens is 250 g/mol. The molecule has 0 aromatic heterocycles. The van der Waals surface area contributed by atoms with E-state index in [4.69, 9.17) is 11.5 Å². The van der Waals surface area contributed by atoms with Crippen LogP contribution in [0.15, 0.2) is 34.5 Å². The van der Waals surface area contributed by atoms with E-state index in [1.807, 2.05) is 18.2 Å². The molecule has 0 heterocycles. The number of benzene rings is 1. The van der Waals surface area contributed by atoms with Gasteiger partial charge in [0.1, 0.15) is 0 Å². The van der Waals surface area contributed by atoms with Crippen molar-refractivity contribution in [3.8, 4) is 0 Å². The molecule has 1 rings (SSSR count). The van der Waals surface area contributed by atoms with E-state index in [0.717, 1.165) is 38.0 Å². The summed E-state index contributed by atoms with van der Waals surface area (Å²) in [6.07, 6.45) is 4.01. The molecule has 5 nitrogen and oxygen atoms in total. The molecule has 0 bridgehead atoms. The maximum Gasteiger partial charge on any atom is 0.211 e. The smallest absolute Gasteiger partial charge is 0.211 e. The molecular formula is C15H25N5. The van der Waals surface area contributed by atoms with Crippen molar-refractivity contribution in [2.75, 3.05) is 13.1 Å². The minimum Gasteiger partial charge on any atom is -0.369 e. The van der Waals surface area contributed by atoms with Crippen LogP contribution in [-0.2, 0) is 6.54 Å². The van der Waals surface area contributed by atoms with Crippen LogP contribution < -0.4 is 11.5 Å². The predicted molar refractivity (Wildman–Crippen MR) is 85.7 cm³/mol. The summed E-state index contributed by atoms with van der Waals surface area (Å²) >= 11 is 0. The van der Waals surface area contributed by atoms with Crippen LogP contribution in [0, 0.1) is 0 Å². The molecule has 4 N–H and O–H groups in total. The molecule has 0 radical (unpaired) electrons. The van der Waals surface area contributed by atoms with E-state index in [1.165, 1.54) is 5.56 Å². The number of guanidine groups is 1. The molecule has 20 heavy (non-hydrogen) atoms. The normalized spacial score (nSPS) is 11.2. The van der Waals surface area contributed by atoms with E-state index >= 15 is 0 Å². The number of rotatable bonds is 8. The first-order valence-electron chi connectivity index (χ1n) is 7.09. The Kier molecular flexibility index (Phi) is 7.35. The van der Waals surface area contributed by atoms with Gasteiger partial charge >= 0.3 is 0 Å². The van der Waals surface area contributed by atoms with Crippen molar-refractivity contribution in [1.29, 1.82) is 0 Å². The molecule has 0 amide bonds. The Morgan fingerprint density at radius 2 is 1.80 bits per heavy atom. The molecule has 0 unspecified atom stereocenters. The van der Waals surface area contributed by atoms with E-state index in [2.05, 4.69) is 35.0 Å². The van der Waals surface area contributed by atoms with Gasteiger partial charge in [-0.1, -0.05) is 38.1 Å². The second-order valence-electron chi connectivity index (χ2n) is 4.74. The average molecular weight is 275 g/mol. The maximum absolute atomic E-state index is 5.26. The average Bonchev–Trinajstić information content (AvgIpc) is 2.41. The second kappa shape index (κ2) is 9.09. The van der Waals surface area contributed by atoms with Gasteiger partial charge in [-0.05, 0) is 37.1 Å². The zero-order valence-electron chi connectivity index (χ0n) is 12.4. The van der Waals surface area contributed by atoms with Crippen LogP contribution in [0.3, 0.4) is 0 Å². The first kappa shape index (κ1) is 16.2. The van der Waals surface area contributed by atoms with Crippen molar-refractivity contribution in [3.05, 3.63) is 35.4 Å². The summed E-state index contributed by atoms with van der Waals surface area (Å²) in [5, 5.41) is 7.54. The lowest BCUT2D eigenvalue weighted by molar-refractivity contribution is 0.266. The lowest BCUT2D eigenvalue weighted by Crippen LogP contribution is -2.25. The fourth-order valence-electron chi connectivity index (χ4n) is 2.11. The van der Waals surface area contributed by atoms with Gasteiger partial charge in [0.15, 0.2) is 0 Å². The Hall–Kier alpha value is -1.88. The lowest BCUT2D eigenvalue weighted by atomic mass is 10.1. The van der Waals surface area contributed by atoms with Crippen LogP contribution in [-0.4, -0.2) is 30.2 Å². The fraction of sp³-hybridized carbons (Fsp3) is 0.467. The van der Waals surface area contributed by atoms with E-state index in [9.17, 15) is 0 Å². The molecule has 5 heteroatoms. The van der Waals surface area contributed by atoms with Crippen molar-refractivity contribution < 1.29 is 0 Å². The summed E-state index contributed by atoms with van der Waals surface area (Å²) in [5.41, 5.74) is 12.8. The van der Waals surface area contributed by atoms with E-state index in [1.54, 1.807) is 6.21 Å². The van der Waals surface area contributed by atoms with Crippen LogP contribution in [0.25, 0.3) is 0 Å². The number of hydrogen-bond acceptors (Lipinski definition) is 3. The first-order chi connectivity index (χ1) is 9.67. The van der Waals surface area contributed by atoms with Crippen molar-refractivity contribution in [3.63, 3.8) is 0 Å². The van der Waals surface area contributed by atoms with Gasteiger partial charge < -0.3 is 11.5 Å². The minimum atomic E-state index is -0.0303. The zero-order valence-corrected chi connectivity index (χ0v) is 12.4. The Balaban J connectivity index is 2.83. The SMILES string of the molecule is CCCN(CCC)Cc1ccccc1C=NN=C(N)N. The summed E-state index contributed by atoms with van der Waals surface area (Å²) in [6.45, 7) is 7.54. The number of hydrogen-bond donors (Lipinski definition) is 2. The van der Waals surface area contributed by atoms with E-state index < -0.39 is 0 Å². The Morgan fingerprint density at radius 3 is 2.40 bits per heavy atom. The monoisotopic (exact) mass is 275 g/mol. The third-order valence-corrected chi connectivity index (χ3v) is 2.90. The van der Waals surface area contributed by atoms with Gasteiger partial charge in [0.05, 0.1) is 6.21 Å². The Morgan fingerprint density at radius 1 is 1.15 bits per heavy atom. The summed E-state index contributed by atoms with van der Waals surface area (Å²) in [7, 11) is 0. The molecule has 0 atom stereocenters. The molecule has 0 fully saturated rings. The molecule has 1 aromatic rings. The molecule has 0 saturated heterocycles. The van der Waals surface area contributed by atoms with E-state index in [0.29, 0.717) is 0 Å². The Labute approximate surface area is 121 Å². The highest BCUT2D eigenvalue weighted by atomic mass is 15.3. The van der Waals surface area contributed by atoms with Crippen molar-refractivity contribution >= 4 is 12.2 Å². The maximum atomic E-state index is 5.26. The summed E-state index contributed by atoms with van der Waals surface area (Å²) < 4.78 is 0. The summed E-state index contributed by atoms with van der Waals surface area (Å²) in [6, 6.07) is 8.18. The van der Waals surface area contributed by atoms with Crippen LogP contribution in [0.1, 0.15) is 37.8 Å². The van der Waals surface area contributed by atoms with Crippen LogP contribution in [0.4, 0.5) is 0 Å². The predicted octanol–water partition coefficient (Wildman–Crippen LogP) is 1.92. The van der Waals surface area contributed by atoms with Gasteiger partial charge in [-0.2, -0.15) is 5.10 Å². The van der Waals surface area contributed by atoms with Gasteiger partial charge in [0.2, 0.25) is 5.96 Å². The molecule has 1 aromatic carbocycles. The molecule has 0 spiro atoms. The van der Waals surface area contributed by atoms with Crippen LogP contribution in [0.5, 0.6) is 0 Å². The third kappa shape index (κ3) is 5.84. The summed E-state index contributed by atoms with van der Waals surface area (Å²) in [4.78, 5) is 2.45. The molecule has 0 saturated carbocycles. The second-order valence-corrected chi connectivity index (χ2v) is 4.74. The van der Waals surface area contributed by atoms with E-state index in [-0.39, 0.29) is 5.96 Å². The lowest BCUT2D eigenvalue weighted by Gasteiger charge is -2.21. The fourth-order valence-corrected chi connectivity index (χ4v) is 2.11. The number of nitrogens with two attached hydrogens (primary N) is 2.